The zero-order valence-electron chi connectivity index (χ0n) is 5.32. The number of nitro groups is 1. The van der Waals surface area contributed by atoms with Gasteiger partial charge in [-0.05, 0) is 0 Å². The number of halogens is 1. The second-order valence-electron chi connectivity index (χ2n) is 1.82. The fourth-order valence-electron chi connectivity index (χ4n) is 0.589. The maximum absolute atomic E-state index is 12.2. The van der Waals surface area contributed by atoms with Gasteiger partial charge in [-0.15, -0.1) is 0 Å². The van der Waals surface area contributed by atoms with Gasteiger partial charge in [0.15, 0.2) is 0 Å². The first-order valence-corrected chi connectivity index (χ1v) is 2.66. The molecule has 5 nitrogen and oxygen atoms in total. The number of pyridine rings is 1. The minimum atomic E-state index is -0.911. The molecule has 0 aliphatic heterocycles. The molecule has 0 saturated carbocycles. The first-order chi connectivity index (χ1) is 5.11. The third-order valence-electron chi connectivity index (χ3n) is 1.08. The minimum absolute atomic E-state index is 0.142. The summed E-state index contributed by atoms with van der Waals surface area (Å²) < 4.78 is 12.2. The number of anilines is 1. The molecule has 1 rings (SSSR count). The number of nitrogens with zero attached hydrogens (tertiary/aromatic N) is 2. The van der Waals surface area contributed by atoms with Crippen LogP contribution in [0.25, 0.3) is 0 Å². The molecular weight excluding hydrogens is 153 g/mol. The Morgan fingerprint density at radius 2 is 2.36 bits per heavy atom. The third kappa shape index (κ3) is 1.40. The predicted molar refractivity (Wildman–Crippen MR) is 35.3 cm³/mol. The fourth-order valence-corrected chi connectivity index (χ4v) is 0.589. The van der Waals surface area contributed by atoms with Gasteiger partial charge in [-0.2, -0.15) is 4.39 Å². The van der Waals surface area contributed by atoms with Gasteiger partial charge in [0.1, 0.15) is 5.69 Å². The molecule has 0 radical (unpaired) electrons. The van der Waals surface area contributed by atoms with Crippen LogP contribution in [0.3, 0.4) is 0 Å². The van der Waals surface area contributed by atoms with E-state index in [4.69, 9.17) is 5.73 Å². The van der Waals surface area contributed by atoms with E-state index in [1.54, 1.807) is 0 Å². The molecule has 1 aromatic rings. The molecule has 0 unspecified atom stereocenters. The molecule has 0 aromatic carbocycles. The van der Waals surface area contributed by atoms with E-state index in [-0.39, 0.29) is 5.69 Å². The lowest BCUT2D eigenvalue weighted by atomic mass is 10.3. The number of hydrogen-bond donors (Lipinski definition) is 1. The van der Waals surface area contributed by atoms with E-state index in [9.17, 15) is 14.5 Å². The number of rotatable bonds is 1. The summed E-state index contributed by atoms with van der Waals surface area (Å²) in [5, 5.41) is 10.1. The van der Waals surface area contributed by atoms with Crippen molar-refractivity contribution in [2.45, 2.75) is 0 Å². The van der Waals surface area contributed by atoms with E-state index < -0.39 is 16.6 Å². The monoisotopic (exact) mass is 157 g/mol. The van der Waals surface area contributed by atoms with Crippen molar-refractivity contribution >= 4 is 11.4 Å². The summed E-state index contributed by atoms with van der Waals surface area (Å²) in [7, 11) is 0. The van der Waals surface area contributed by atoms with Gasteiger partial charge in [-0.1, -0.05) is 0 Å². The van der Waals surface area contributed by atoms with E-state index >= 15 is 0 Å². The van der Waals surface area contributed by atoms with Crippen LogP contribution in [0, 0.1) is 16.1 Å². The molecule has 11 heavy (non-hydrogen) atoms. The first-order valence-electron chi connectivity index (χ1n) is 2.66. The van der Waals surface area contributed by atoms with Crippen LogP contribution in [0.2, 0.25) is 0 Å². The highest BCUT2D eigenvalue weighted by Crippen LogP contribution is 2.19. The molecule has 6 heteroatoms. The van der Waals surface area contributed by atoms with Crippen molar-refractivity contribution in [1.82, 2.24) is 4.98 Å². The summed E-state index contributed by atoms with van der Waals surface area (Å²) in [6, 6.07) is 0.676. The Kier molecular flexibility index (Phi) is 1.67. The lowest BCUT2D eigenvalue weighted by molar-refractivity contribution is -0.384. The Labute approximate surface area is 60.8 Å². The van der Waals surface area contributed by atoms with E-state index in [1.807, 2.05) is 0 Å². The van der Waals surface area contributed by atoms with E-state index in [2.05, 4.69) is 4.98 Å². The largest absolute Gasteiger partial charge is 0.392 e. The molecule has 0 amide bonds. The zero-order chi connectivity index (χ0) is 8.43. The second kappa shape index (κ2) is 2.49. The normalized spacial score (nSPS) is 9.55. The van der Waals surface area contributed by atoms with Crippen LogP contribution in [0.4, 0.5) is 15.8 Å². The van der Waals surface area contributed by atoms with Crippen molar-refractivity contribution in [3.63, 3.8) is 0 Å². The van der Waals surface area contributed by atoms with Crippen LogP contribution in [0.5, 0.6) is 0 Å². The van der Waals surface area contributed by atoms with Crippen LogP contribution in [0.1, 0.15) is 0 Å². The van der Waals surface area contributed by atoms with Gasteiger partial charge in [0.05, 0.1) is 17.2 Å². The average Bonchev–Trinajstić information content (AvgIpc) is 1.94. The number of nitrogens with two attached hydrogens (primary N) is 1. The molecule has 0 spiro atoms. The topological polar surface area (TPSA) is 82.0 Å². The number of aromatic nitrogens is 1. The number of nitrogen functional groups attached to an aromatic ring is 1. The second-order valence-corrected chi connectivity index (χ2v) is 1.82. The minimum Gasteiger partial charge on any atom is -0.392 e. The van der Waals surface area contributed by atoms with Gasteiger partial charge in [0.2, 0.25) is 5.95 Å². The lowest BCUT2D eigenvalue weighted by Crippen LogP contribution is -1.97. The fraction of sp³-hybridized carbons (Fsp3) is 0. The molecule has 1 heterocycles. The van der Waals surface area contributed by atoms with Crippen LogP contribution in [-0.2, 0) is 0 Å². The lowest BCUT2D eigenvalue weighted by Gasteiger charge is -1.93. The van der Waals surface area contributed by atoms with Crippen molar-refractivity contribution in [3.8, 4) is 0 Å². The van der Waals surface area contributed by atoms with Gasteiger partial charge in [-0.25, -0.2) is 4.98 Å². The summed E-state index contributed by atoms with van der Waals surface area (Å²) in [5.41, 5.74) is 4.52. The van der Waals surface area contributed by atoms with Crippen LogP contribution in [-0.4, -0.2) is 9.91 Å². The Balaban J connectivity index is 3.23. The standard InChI is InChI=1S/C5H4FN3O2/c6-5-1-4(9(10)11)3(7)2-8-5/h1-2H,7H2. The average molecular weight is 157 g/mol. The Morgan fingerprint density at radius 1 is 1.73 bits per heavy atom. The molecule has 0 atom stereocenters. The van der Waals surface area contributed by atoms with Crippen LogP contribution < -0.4 is 5.73 Å². The van der Waals surface area contributed by atoms with Gasteiger partial charge in [0.25, 0.3) is 5.69 Å². The molecule has 58 valence electrons. The van der Waals surface area contributed by atoms with Crippen LogP contribution in [0.15, 0.2) is 12.3 Å². The summed E-state index contributed by atoms with van der Waals surface area (Å²) in [6.45, 7) is 0. The predicted octanol–water partition coefficient (Wildman–Crippen LogP) is 0.711. The maximum atomic E-state index is 12.2. The Morgan fingerprint density at radius 3 is 2.82 bits per heavy atom. The van der Waals surface area contributed by atoms with Crippen molar-refractivity contribution in [1.29, 1.82) is 0 Å². The van der Waals surface area contributed by atoms with Gasteiger partial charge in [0, 0.05) is 0 Å². The maximum Gasteiger partial charge on any atom is 0.298 e. The summed E-state index contributed by atoms with van der Waals surface area (Å²) in [6.07, 6.45) is 0.910. The quantitative estimate of drug-likeness (QED) is 0.369. The molecule has 0 aliphatic carbocycles. The van der Waals surface area contributed by atoms with Crippen molar-refractivity contribution in [2.75, 3.05) is 5.73 Å². The highest BCUT2D eigenvalue weighted by Gasteiger charge is 2.12. The van der Waals surface area contributed by atoms with Crippen LogP contribution >= 0.6 is 0 Å². The molecule has 2 N–H and O–H groups in total. The van der Waals surface area contributed by atoms with Gasteiger partial charge >= 0.3 is 0 Å². The molecule has 0 aliphatic rings. The summed E-state index contributed by atoms with van der Waals surface area (Å²) in [5.74, 6) is -0.911. The van der Waals surface area contributed by atoms with Gasteiger partial charge in [-0.3, -0.25) is 10.1 Å². The molecule has 0 fully saturated rings. The van der Waals surface area contributed by atoms with Crippen molar-refractivity contribution in [3.05, 3.63) is 28.3 Å². The molecule has 1 aromatic heterocycles. The summed E-state index contributed by atoms with van der Waals surface area (Å²) >= 11 is 0. The van der Waals surface area contributed by atoms with Crippen molar-refractivity contribution < 1.29 is 9.31 Å². The zero-order valence-corrected chi connectivity index (χ0v) is 5.32. The summed E-state index contributed by atoms with van der Waals surface area (Å²) in [4.78, 5) is 12.5. The third-order valence-corrected chi connectivity index (χ3v) is 1.08. The Bertz CT molecular complexity index is 302. The SMILES string of the molecule is Nc1cnc(F)cc1[N+](=O)[O-]. The van der Waals surface area contributed by atoms with E-state index in [0.717, 1.165) is 6.20 Å². The molecule has 0 saturated heterocycles. The smallest absolute Gasteiger partial charge is 0.298 e. The molecular formula is C5H4FN3O2. The highest BCUT2D eigenvalue weighted by atomic mass is 19.1. The first kappa shape index (κ1) is 7.39. The highest BCUT2D eigenvalue weighted by molar-refractivity contribution is 5.55. The van der Waals surface area contributed by atoms with E-state index in [0.29, 0.717) is 6.07 Å². The van der Waals surface area contributed by atoms with E-state index in [1.165, 1.54) is 0 Å². The van der Waals surface area contributed by atoms with Gasteiger partial charge < -0.3 is 5.73 Å². The number of hydrogen-bond acceptors (Lipinski definition) is 4. The Hall–Kier alpha value is -1.72. The molecule has 0 bridgehead atoms. The van der Waals surface area contributed by atoms with Crippen molar-refractivity contribution in [2.24, 2.45) is 0 Å².